The predicted octanol–water partition coefficient (Wildman–Crippen LogP) is 2.78. The predicted molar refractivity (Wildman–Crippen MR) is 88.7 cm³/mol. The summed E-state index contributed by atoms with van der Waals surface area (Å²) in [6, 6.07) is 14.5. The first-order valence-electron chi connectivity index (χ1n) is 7.07. The van der Waals surface area contributed by atoms with Crippen LogP contribution in [0.4, 0.5) is 5.69 Å². The second-order valence-corrected chi connectivity index (χ2v) is 5.22. The number of amides is 1. The van der Waals surface area contributed by atoms with Crippen LogP contribution >= 0.6 is 0 Å². The van der Waals surface area contributed by atoms with E-state index in [1.165, 1.54) is 6.08 Å². The molecule has 1 amide bonds. The van der Waals surface area contributed by atoms with Crippen molar-refractivity contribution in [1.29, 1.82) is 10.7 Å². The van der Waals surface area contributed by atoms with Crippen LogP contribution in [0.5, 0.6) is 0 Å². The van der Waals surface area contributed by atoms with Gasteiger partial charge in [-0.3, -0.25) is 10.2 Å². The van der Waals surface area contributed by atoms with Crippen LogP contribution in [0.3, 0.4) is 0 Å². The van der Waals surface area contributed by atoms with Crippen molar-refractivity contribution in [2.24, 2.45) is 0 Å². The Balaban J connectivity index is 1.95. The summed E-state index contributed by atoms with van der Waals surface area (Å²) >= 11 is 0. The SMILES string of the molecule is Cc1cccc(N(C#N)C(=O)C=C2NC(=N)c3ccccc32)c1. The van der Waals surface area contributed by atoms with E-state index in [0.717, 1.165) is 21.6 Å². The third-order valence-electron chi connectivity index (χ3n) is 3.59. The maximum absolute atomic E-state index is 12.5. The zero-order valence-electron chi connectivity index (χ0n) is 12.5. The molecule has 2 aromatic rings. The van der Waals surface area contributed by atoms with Crippen LogP contribution in [0.2, 0.25) is 0 Å². The number of fused-ring (bicyclic) bond motifs is 1. The molecular formula is C18H14N4O. The summed E-state index contributed by atoms with van der Waals surface area (Å²) in [6.45, 7) is 1.90. The smallest absolute Gasteiger partial charge is 0.266 e. The molecule has 0 aliphatic carbocycles. The number of nitrogens with zero attached hydrogens (tertiary/aromatic N) is 2. The third kappa shape index (κ3) is 2.70. The van der Waals surface area contributed by atoms with Crippen molar-refractivity contribution in [2.75, 3.05) is 4.90 Å². The van der Waals surface area contributed by atoms with Crippen LogP contribution in [0.25, 0.3) is 5.70 Å². The quantitative estimate of drug-likeness (QED) is 0.508. The molecule has 0 radical (unpaired) electrons. The first kappa shape index (κ1) is 14.5. The fourth-order valence-electron chi connectivity index (χ4n) is 2.51. The Labute approximate surface area is 134 Å². The van der Waals surface area contributed by atoms with Crippen molar-refractivity contribution in [1.82, 2.24) is 5.32 Å². The Morgan fingerprint density at radius 1 is 1.22 bits per heavy atom. The highest BCUT2D eigenvalue weighted by atomic mass is 16.2. The minimum absolute atomic E-state index is 0.249. The molecule has 3 rings (SSSR count). The molecule has 112 valence electrons. The van der Waals surface area contributed by atoms with Crippen molar-refractivity contribution in [3.63, 3.8) is 0 Å². The van der Waals surface area contributed by atoms with Crippen LogP contribution in [-0.4, -0.2) is 11.7 Å². The Morgan fingerprint density at radius 3 is 2.65 bits per heavy atom. The van der Waals surface area contributed by atoms with E-state index < -0.39 is 5.91 Å². The van der Waals surface area contributed by atoms with Gasteiger partial charge in [0.05, 0.1) is 11.4 Å². The van der Waals surface area contributed by atoms with Gasteiger partial charge in [-0.25, -0.2) is 4.90 Å². The minimum atomic E-state index is -0.454. The molecule has 0 fully saturated rings. The second-order valence-electron chi connectivity index (χ2n) is 5.22. The normalized spacial score (nSPS) is 14.1. The molecule has 5 heteroatoms. The molecule has 0 aromatic heterocycles. The van der Waals surface area contributed by atoms with E-state index in [2.05, 4.69) is 5.32 Å². The monoisotopic (exact) mass is 302 g/mol. The molecule has 1 aliphatic rings. The molecule has 0 atom stereocenters. The van der Waals surface area contributed by atoms with Gasteiger partial charge in [0.2, 0.25) is 0 Å². The zero-order valence-corrected chi connectivity index (χ0v) is 12.5. The molecule has 23 heavy (non-hydrogen) atoms. The molecule has 2 N–H and O–H groups in total. The number of nitrogens with one attached hydrogen (secondary N) is 2. The van der Waals surface area contributed by atoms with E-state index >= 15 is 0 Å². The Bertz CT molecular complexity index is 877. The lowest BCUT2D eigenvalue weighted by Gasteiger charge is -2.12. The highest BCUT2D eigenvalue weighted by Crippen LogP contribution is 2.24. The number of amidine groups is 1. The van der Waals surface area contributed by atoms with Crippen molar-refractivity contribution in [3.8, 4) is 6.19 Å². The molecular weight excluding hydrogens is 288 g/mol. The summed E-state index contributed by atoms with van der Waals surface area (Å²) in [5.41, 5.74) is 3.55. The van der Waals surface area contributed by atoms with Crippen molar-refractivity contribution >= 4 is 23.1 Å². The maximum Gasteiger partial charge on any atom is 0.266 e. The van der Waals surface area contributed by atoms with Crippen LogP contribution < -0.4 is 10.2 Å². The van der Waals surface area contributed by atoms with Crippen LogP contribution in [0, 0.1) is 23.8 Å². The first-order chi connectivity index (χ1) is 11.1. The summed E-state index contributed by atoms with van der Waals surface area (Å²) in [5.74, 6) is -0.205. The number of carbonyl (C=O) groups is 1. The van der Waals surface area contributed by atoms with Gasteiger partial charge < -0.3 is 5.32 Å². The lowest BCUT2D eigenvalue weighted by molar-refractivity contribution is -0.113. The topological polar surface area (TPSA) is 80.0 Å². The lowest BCUT2D eigenvalue weighted by Crippen LogP contribution is -2.25. The average Bonchev–Trinajstić information content (AvgIpc) is 2.85. The number of hydrogen-bond acceptors (Lipinski definition) is 3. The van der Waals surface area contributed by atoms with Gasteiger partial charge in [-0.15, -0.1) is 0 Å². The second kappa shape index (κ2) is 5.78. The summed E-state index contributed by atoms with van der Waals surface area (Å²) in [5, 5.41) is 20.1. The largest absolute Gasteiger partial charge is 0.340 e. The number of anilines is 1. The fraction of sp³-hybridized carbons (Fsp3) is 0.0556. The minimum Gasteiger partial charge on any atom is -0.340 e. The van der Waals surface area contributed by atoms with E-state index in [-0.39, 0.29) is 5.84 Å². The number of rotatable bonds is 2. The van der Waals surface area contributed by atoms with Crippen molar-refractivity contribution in [2.45, 2.75) is 6.92 Å². The van der Waals surface area contributed by atoms with Gasteiger partial charge in [-0.05, 0) is 24.6 Å². The zero-order chi connectivity index (χ0) is 16.4. The molecule has 0 saturated carbocycles. The van der Waals surface area contributed by atoms with E-state index in [9.17, 15) is 10.1 Å². The number of nitriles is 1. The molecule has 5 nitrogen and oxygen atoms in total. The Kier molecular flexibility index (Phi) is 3.65. The van der Waals surface area contributed by atoms with Crippen LogP contribution in [0.15, 0.2) is 54.6 Å². The van der Waals surface area contributed by atoms with Gasteiger partial charge in [0.15, 0.2) is 6.19 Å². The molecule has 0 bridgehead atoms. The molecule has 0 saturated heterocycles. The number of benzene rings is 2. The van der Waals surface area contributed by atoms with E-state index in [4.69, 9.17) is 5.41 Å². The van der Waals surface area contributed by atoms with Gasteiger partial charge in [-0.2, -0.15) is 5.26 Å². The van der Waals surface area contributed by atoms with Crippen LogP contribution in [0.1, 0.15) is 16.7 Å². The Hall–Kier alpha value is -3.39. The van der Waals surface area contributed by atoms with Gasteiger partial charge in [0.25, 0.3) is 5.91 Å². The number of hydrogen-bond donors (Lipinski definition) is 2. The van der Waals surface area contributed by atoms with Crippen molar-refractivity contribution in [3.05, 3.63) is 71.3 Å². The average molecular weight is 302 g/mol. The third-order valence-corrected chi connectivity index (χ3v) is 3.59. The fourth-order valence-corrected chi connectivity index (χ4v) is 2.51. The number of carbonyl (C=O) groups excluding carboxylic acids is 1. The van der Waals surface area contributed by atoms with Gasteiger partial charge >= 0.3 is 0 Å². The van der Waals surface area contributed by atoms with E-state index in [0.29, 0.717) is 11.4 Å². The molecule has 1 heterocycles. The molecule has 2 aromatic carbocycles. The highest BCUT2D eigenvalue weighted by molar-refractivity contribution is 6.15. The van der Waals surface area contributed by atoms with Gasteiger partial charge in [-0.1, -0.05) is 36.4 Å². The standard InChI is InChI=1S/C18H14N4O/c1-12-5-4-6-13(9-12)22(11-19)17(23)10-16-14-7-2-3-8-15(14)18(20)21-16/h2-10H,1H3,(H2,20,21). The number of aryl methyl sites for hydroxylation is 1. The summed E-state index contributed by atoms with van der Waals surface area (Å²) in [7, 11) is 0. The van der Waals surface area contributed by atoms with E-state index in [1.54, 1.807) is 18.2 Å². The highest BCUT2D eigenvalue weighted by Gasteiger charge is 2.22. The molecule has 1 aliphatic heterocycles. The Morgan fingerprint density at radius 2 is 1.96 bits per heavy atom. The van der Waals surface area contributed by atoms with Gasteiger partial charge in [0, 0.05) is 17.2 Å². The van der Waals surface area contributed by atoms with E-state index in [1.807, 2.05) is 43.4 Å². The summed E-state index contributed by atoms with van der Waals surface area (Å²) in [6.07, 6.45) is 3.27. The first-order valence-corrected chi connectivity index (χ1v) is 7.07. The maximum atomic E-state index is 12.5. The summed E-state index contributed by atoms with van der Waals surface area (Å²) in [4.78, 5) is 13.5. The van der Waals surface area contributed by atoms with Crippen LogP contribution in [-0.2, 0) is 4.79 Å². The molecule has 0 unspecified atom stereocenters. The lowest BCUT2D eigenvalue weighted by atomic mass is 10.1. The summed E-state index contributed by atoms with van der Waals surface area (Å²) < 4.78 is 0. The van der Waals surface area contributed by atoms with Crippen molar-refractivity contribution < 1.29 is 4.79 Å². The van der Waals surface area contributed by atoms with Gasteiger partial charge in [0.1, 0.15) is 5.84 Å². The molecule has 0 spiro atoms.